The zero-order valence-electron chi connectivity index (χ0n) is 28.5. The van der Waals surface area contributed by atoms with Crippen molar-refractivity contribution in [3.8, 4) is 16.9 Å². The summed E-state index contributed by atoms with van der Waals surface area (Å²) in [6.45, 7) is 7.59. The van der Waals surface area contributed by atoms with E-state index in [-0.39, 0.29) is 5.82 Å². The highest BCUT2D eigenvalue weighted by molar-refractivity contribution is 7.98. The second-order valence-corrected chi connectivity index (χ2v) is 15.3. The van der Waals surface area contributed by atoms with Gasteiger partial charge in [0.1, 0.15) is 11.6 Å². The molecule has 1 aliphatic rings. The van der Waals surface area contributed by atoms with E-state index in [4.69, 9.17) is 14.9 Å². The van der Waals surface area contributed by atoms with Gasteiger partial charge in [0.25, 0.3) is 0 Å². The molecule has 3 aromatic heterocycles. The fraction of sp³-hybridized carbons (Fsp3) is 0.368. The minimum Gasteiger partial charge on any atom is -0.493 e. The Morgan fingerprint density at radius 1 is 0.959 bits per heavy atom. The molecule has 0 amide bonds. The lowest BCUT2D eigenvalue weighted by Crippen LogP contribution is -2.09. The molecule has 1 aliphatic heterocycles. The van der Waals surface area contributed by atoms with Crippen LogP contribution in [0.4, 0.5) is 4.39 Å². The van der Waals surface area contributed by atoms with Crippen molar-refractivity contribution in [1.82, 2.24) is 24.1 Å². The maximum absolute atomic E-state index is 16.1. The molecule has 256 valence electrons. The van der Waals surface area contributed by atoms with Gasteiger partial charge in [-0.05, 0) is 67.0 Å². The summed E-state index contributed by atoms with van der Waals surface area (Å²) in [6, 6.07) is 18.1. The summed E-state index contributed by atoms with van der Waals surface area (Å²) >= 11 is 3.51. The Bertz CT molecular complexity index is 2170. The summed E-state index contributed by atoms with van der Waals surface area (Å²) in [7, 11) is 3.68. The van der Waals surface area contributed by atoms with Crippen LogP contribution in [0.25, 0.3) is 32.8 Å². The van der Waals surface area contributed by atoms with Crippen LogP contribution in [0.15, 0.2) is 59.5 Å². The first-order valence-corrected chi connectivity index (χ1v) is 18.8. The van der Waals surface area contributed by atoms with Crippen LogP contribution in [0.1, 0.15) is 60.6 Å². The standard InChI is InChI=1S/C38H42FN5O3S2/c1-22(2)18-44-26-16-25(41-44)19-48-21-32-34(23(3)40-43(32)5)35-31(39)13-12-30-29(37(38(45)46)42(4)36(30)35)11-8-14-47-33-17-27(49-20-26)15-24-9-6-7-10-28(24)33/h6-7,9-10,12-13,15-17,22,38,45-46H,8,11,14,18-21H2,1-5H3. The SMILES string of the molecule is Cc1nn(C)c2c1-c1c(F)ccc3c(c(C(O)O)n(C)c13)CCCOc1cc(cc3ccccc13)SCc1cc(nn1CC(C)C)CSC2. The lowest BCUT2D eigenvalue weighted by molar-refractivity contribution is -0.0481. The van der Waals surface area contributed by atoms with Crippen LogP contribution >= 0.6 is 23.5 Å². The van der Waals surface area contributed by atoms with Gasteiger partial charge in [-0.15, -0.1) is 23.5 Å². The lowest BCUT2D eigenvalue weighted by atomic mass is 9.98. The molecular formula is C38H42FN5O3S2. The number of nitrogens with zero attached hydrogens (tertiary/aromatic N) is 5. The number of aliphatic hydroxyl groups excluding tert-OH is 1. The summed E-state index contributed by atoms with van der Waals surface area (Å²) < 4.78 is 28.3. The largest absolute Gasteiger partial charge is 0.493 e. The molecule has 0 atom stereocenters. The number of fused-ring (bicyclic) bond motifs is 8. The van der Waals surface area contributed by atoms with Crippen molar-refractivity contribution in [3.63, 3.8) is 0 Å². The van der Waals surface area contributed by atoms with Gasteiger partial charge in [-0.3, -0.25) is 9.36 Å². The van der Waals surface area contributed by atoms with Crippen LogP contribution in [0.2, 0.25) is 0 Å². The number of thioether (sulfide) groups is 2. The number of rotatable bonds is 3. The van der Waals surface area contributed by atoms with Gasteiger partial charge in [0.2, 0.25) is 0 Å². The van der Waals surface area contributed by atoms with Crippen LogP contribution in [0, 0.1) is 18.7 Å². The first kappa shape index (κ1) is 33.7. The monoisotopic (exact) mass is 699 g/mol. The molecule has 11 heteroatoms. The van der Waals surface area contributed by atoms with Crippen molar-refractivity contribution >= 4 is 45.2 Å². The number of benzene rings is 3. The summed E-state index contributed by atoms with van der Waals surface area (Å²) in [5.74, 6) is 2.98. The van der Waals surface area contributed by atoms with Crippen molar-refractivity contribution in [3.05, 3.63) is 94.4 Å². The van der Waals surface area contributed by atoms with Gasteiger partial charge in [0.15, 0.2) is 6.29 Å². The molecule has 2 N–H and O–H groups in total. The number of ether oxygens (including phenoxy) is 1. The molecule has 8 bridgehead atoms. The van der Waals surface area contributed by atoms with Gasteiger partial charge in [-0.25, -0.2) is 4.39 Å². The molecule has 8 nitrogen and oxygen atoms in total. The van der Waals surface area contributed by atoms with E-state index in [1.807, 2.05) is 30.8 Å². The van der Waals surface area contributed by atoms with Crippen molar-refractivity contribution in [2.45, 2.75) is 68.6 Å². The zero-order chi connectivity index (χ0) is 34.4. The molecular weight excluding hydrogens is 658 g/mol. The fourth-order valence-corrected chi connectivity index (χ4v) is 9.07. The summed E-state index contributed by atoms with van der Waals surface area (Å²) in [5.41, 5.74) is 6.76. The number of halogens is 1. The number of aromatic nitrogens is 5. The van der Waals surface area contributed by atoms with Crippen LogP contribution in [0.3, 0.4) is 0 Å². The van der Waals surface area contributed by atoms with Gasteiger partial charge in [-0.2, -0.15) is 10.2 Å². The van der Waals surface area contributed by atoms with Crippen molar-refractivity contribution in [1.29, 1.82) is 0 Å². The molecule has 0 fully saturated rings. The summed E-state index contributed by atoms with van der Waals surface area (Å²) in [5, 5.41) is 33.9. The second kappa shape index (κ2) is 13.9. The highest BCUT2D eigenvalue weighted by Crippen LogP contribution is 2.41. The van der Waals surface area contributed by atoms with Crippen LogP contribution in [-0.4, -0.2) is 40.9 Å². The van der Waals surface area contributed by atoms with Crippen LogP contribution in [0.5, 0.6) is 5.75 Å². The number of hydrogen-bond donors (Lipinski definition) is 2. The molecule has 49 heavy (non-hydrogen) atoms. The zero-order valence-corrected chi connectivity index (χ0v) is 30.2. The van der Waals surface area contributed by atoms with E-state index >= 15 is 4.39 Å². The Morgan fingerprint density at radius 3 is 2.57 bits per heavy atom. The molecule has 3 aromatic carbocycles. The third kappa shape index (κ3) is 6.49. The van der Waals surface area contributed by atoms with Gasteiger partial charge < -0.3 is 19.5 Å². The molecule has 0 spiro atoms. The Balaban J connectivity index is 1.36. The van der Waals surface area contributed by atoms with Gasteiger partial charge in [-0.1, -0.05) is 38.1 Å². The topological polar surface area (TPSA) is 90.3 Å². The molecule has 6 aromatic rings. The number of aliphatic hydroxyl groups is 2. The molecule has 0 saturated carbocycles. The molecule has 4 heterocycles. The normalized spacial score (nSPS) is 14.5. The quantitative estimate of drug-likeness (QED) is 0.181. The fourth-order valence-electron chi connectivity index (χ4n) is 7.14. The highest BCUT2D eigenvalue weighted by Gasteiger charge is 2.27. The molecule has 7 rings (SSSR count). The van der Waals surface area contributed by atoms with Crippen LogP contribution < -0.4 is 4.74 Å². The minimum atomic E-state index is -1.72. The Labute approximate surface area is 294 Å². The van der Waals surface area contributed by atoms with Crippen molar-refractivity contribution < 1.29 is 19.3 Å². The summed E-state index contributed by atoms with van der Waals surface area (Å²) in [4.78, 5) is 1.13. The average Bonchev–Trinajstić information content (AvgIpc) is 3.67. The number of aryl methyl sites for hydroxylation is 4. The van der Waals surface area contributed by atoms with Crippen molar-refractivity contribution in [2.24, 2.45) is 20.0 Å². The lowest BCUT2D eigenvalue weighted by Gasteiger charge is -2.14. The predicted molar refractivity (Wildman–Crippen MR) is 196 cm³/mol. The van der Waals surface area contributed by atoms with E-state index in [1.54, 1.807) is 41.2 Å². The van der Waals surface area contributed by atoms with E-state index in [9.17, 15) is 10.2 Å². The third-order valence-electron chi connectivity index (χ3n) is 9.25. The van der Waals surface area contributed by atoms with Crippen LogP contribution in [-0.2, 0) is 44.3 Å². The van der Waals surface area contributed by atoms with E-state index in [1.165, 1.54) is 11.8 Å². The molecule has 0 radical (unpaired) electrons. The number of hydrogen-bond acceptors (Lipinski definition) is 7. The first-order chi connectivity index (χ1) is 23.6. The average molecular weight is 700 g/mol. The molecule has 0 unspecified atom stereocenters. The third-order valence-corrected chi connectivity index (χ3v) is 11.2. The first-order valence-electron chi connectivity index (χ1n) is 16.7. The predicted octanol–water partition coefficient (Wildman–Crippen LogP) is 8.07. The van der Waals surface area contributed by atoms with E-state index in [0.29, 0.717) is 53.6 Å². The minimum absolute atomic E-state index is 0.359. The maximum Gasteiger partial charge on any atom is 0.194 e. The Hall–Kier alpha value is -3.77. The second-order valence-electron chi connectivity index (χ2n) is 13.2. The van der Waals surface area contributed by atoms with E-state index < -0.39 is 6.29 Å². The van der Waals surface area contributed by atoms with Gasteiger partial charge in [0, 0.05) is 70.4 Å². The summed E-state index contributed by atoms with van der Waals surface area (Å²) in [6.07, 6.45) is -0.571. The highest BCUT2D eigenvalue weighted by atomic mass is 32.2. The van der Waals surface area contributed by atoms with Gasteiger partial charge >= 0.3 is 0 Å². The Kier molecular flexibility index (Phi) is 9.54. The smallest absolute Gasteiger partial charge is 0.194 e. The molecule has 0 saturated heterocycles. The van der Waals surface area contributed by atoms with E-state index in [0.717, 1.165) is 67.3 Å². The molecule has 0 aliphatic carbocycles. The van der Waals surface area contributed by atoms with Crippen molar-refractivity contribution in [2.75, 3.05) is 6.61 Å². The van der Waals surface area contributed by atoms with Gasteiger partial charge in [0.05, 0.1) is 34.9 Å². The Morgan fingerprint density at radius 2 is 1.78 bits per heavy atom. The maximum atomic E-state index is 16.1. The van der Waals surface area contributed by atoms with E-state index in [2.05, 4.69) is 48.9 Å².